The van der Waals surface area contributed by atoms with Crippen LogP contribution in [0.25, 0.3) is 0 Å². The highest BCUT2D eigenvalue weighted by Gasteiger charge is 2.48. The molecule has 2 unspecified atom stereocenters. The molecule has 3 aromatic rings. The van der Waals surface area contributed by atoms with Crippen molar-refractivity contribution in [3.63, 3.8) is 0 Å². The van der Waals surface area contributed by atoms with E-state index < -0.39 is 17.7 Å². The second-order valence-corrected chi connectivity index (χ2v) is 8.10. The Labute approximate surface area is 193 Å². The van der Waals surface area contributed by atoms with E-state index in [4.69, 9.17) is 15.2 Å². The summed E-state index contributed by atoms with van der Waals surface area (Å²) < 4.78 is 37.0. The van der Waals surface area contributed by atoms with Crippen molar-refractivity contribution in [3.8, 4) is 17.2 Å². The van der Waals surface area contributed by atoms with Gasteiger partial charge in [-0.3, -0.25) is 4.79 Å². The van der Waals surface area contributed by atoms with Gasteiger partial charge in [0.25, 0.3) is 0 Å². The summed E-state index contributed by atoms with van der Waals surface area (Å²) in [6.07, 6.45) is 4.29. The molecule has 1 aliphatic carbocycles. The Morgan fingerprint density at radius 2 is 2.03 bits per heavy atom. The highest BCUT2D eigenvalue weighted by Crippen LogP contribution is 2.54. The Balaban J connectivity index is 0.000000172. The number of anilines is 2. The van der Waals surface area contributed by atoms with Crippen LogP contribution >= 0.6 is 0 Å². The Morgan fingerprint density at radius 3 is 2.85 bits per heavy atom. The van der Waals surface area contributed by atoms with Crippen molar-refractivity contribution in [2.45, 2.75) is 31.3 Å². The lowest BCUT2D eigenvalue weighted by Crippen LogP contribution is -2.20. The number of pyridine rings is 1. The van der Waals surface area contributed by atoms with Crippen molar-refractivity contribution in [3.05, 3.63) is 71.4 Å². The molecule has 2 atom stereocenters. The Kier molecular flexibility index (Phi) is 5.48. The van der Waals surface area contributed by atoms with Crippen LogP contribution in [0.5, 0.6) is 17.2 Å². The molecule has 1 aromatic heterocycles. The molecule has 2 aliphatic heterocycles. The van der Waals surface area contributed by atoms with Gasteiger partial charge in [0.1, 0.15) is 40.8 Å². The summed E-state index contributed by atoms with van der Waals surface area (Å²) in [5.74, 6) is 2.35. The van der Waals surface area contributed by atoms with Crippen LogP contribution < -0.4 is 25.8 Å². The van der Waals surface area contributed by atoms with Crippen molar-refractivity contribution in [2.24, 2.45) is 5.73 Å². The number of hydrogen-bond donors (Lipinski definition) is 3. The number of fused-ring (bicyclic) bond motifs is 4. The van der Waals surface area contributed by atoms with Gasteiger partial charge in [-0.2, -0.15) is 0 Å². The summed E-state index contributed by atoms with van der Waals surface area (Å²) in [5, 5.41) is 4.73. The van der Waals surface area contributed by atoms with Gasteiger partial charge in [-0.25, -0.2) is 18.6 Å². The fraction of sp³-hybridized carbons (Fsp3) is 0.208. The highest BCUT2D eigenvalue weighted by atomic mass is 19.1. The number of nitrogens with zero attached hydrogens (tertiary/aromatic N) is 1. The van der Waals surface area contributed by atoms with E-state index in [0.717, 1.165) is 47.4 Å². The Hall–Kier alpha value is -4.21. The molecule has 34 heavy (non-hydrogen) atoms. The first-order valence-corrected chi connectivity index (χ1v) is 10.6. The van der Waals surface area contributed by atoms with Gasteiger partial charge in [0.05, 0.1) is 5.69 Å². The van der Waals surface area contributed by atoms with Crippen LogP contribution in [0, 0.1) is 11.6 Å². The van der Waals surface area contributed by atoms with Crippen LogP contribution in [0.15, 0.2) is 48.7 Å². The average molecular weight is 466 g/mol. The van der Waals surface area contributed by atoms with Crippen LogP contribution in [0.1, 0.15) is 29.9 Å². The van der Waals surface area contributed by atoms with Gasteiger partial charge in [-0.15, -0.1) is 0 Å². The quantitative estimate of drug-likeness (QED) is 0.527. The molecule has 6 rings (SSSR count). The first-order valence-electron chi connectivity index (χ1n) is 10.6. The second-order valence-electron chi connectivity index (χ2n) is 8.10. The van der Waals surface area contributed by atoms with E-state index in [2.05, 4.69) is 16.4 Å². The summed E-state index contributed by atoms with van der Waals surface area (Å²) >= 11 is 0. The van der Waals surface area contributed by atoms with Gasteiger partial charge in [0.15, 0.2) is 0 Å². The zero-order chi connectivity index (χ0) is 23.8. The maximum Gasteiger partial charge on any atom is 0.316 e. The molecule has 0 bridgehead atoms. The summed E-state index contributed by atoms with van der Waals surface area (Å²) in [6, 6.07) is 9.59. The van der Waals surface area contributed by atoms with Crippen molar-refractivity contribution >= 4 is 23.4 Å². The van der Waals surface area contributed by atoms with Gasteiger partial charge in [-0.05, 0) is 49.2 Å². The molecular formula is C24H20F2N4O4. The van der Waals surface area contributed by atoms with Crippen LogP contribution in [0.3, 0.4) is 0 Å². The largest absolute Gasteiger partial charge is 0.489 e. The van der Waals surface area contributed by atoms with Gasteiger partial charge in [0.2, 0.25) is 5.91 Å². The molecule has 10 heteroatoms. The first-order chi connectivity index (χ1) is 16.4. The van der Waals surface area contributed by atoms with Crippen LogP contribution in [0.2, 0.25) is 0 Å². The number of primary amides is 1. The van der Waals surface area contributed by atoms with Crippen molar-refractivity contribution in [1.29, 1.82) is 0 Å². The summed E-state index contributed by atoms with van der Waals surface area (Å²) in [7, 11) is 0. The SMILES string of the molecule is NC(=O)Nc1cc(F)ccc1F.O=C1CCc2c(Oc3ccc4c(c3)C3CC3O4)ccnc2N1. The molecule has 0 radical (unpaired) electrons. The number of halogens is 2. The van der Waals surface area contributed by atoms with Crippen molar-refractivity contribution in [1.82, 2.24) is 4.98 Å². The molecule has 3 aliphatic rings. The lowest BCUT2D eigenvalue weighted by atomic mass is 10.1. The third kappa shape index (κ3) is 4.47. The van der Waals surface area contributed by atoms with E-state index in [1.54, 1.807) is 6.20 Å². The molecule has 1 saturated carbocycles. The molecule has 3 heterocycles. The number of nitrogens with one attached hydrogen (secondary N) is 2. The number of benzene rings is 2. The van der Waals surface area contributed by atoms with Crippen LogP contribution in [-0.2, 0) is 11.2 Å². The minimum atomic E-state index is -0.931. The fourth-order valence-electron chi connectivity index (χ4n) is 3.99. The summed E-state index contributed by atoms with van der Waals surface area (Å²) in [4.78, 5) is 25.9. The van der Waals surface area contributed by atoms with Crippen molar-refractivity contribution < 1.29 is 27.8 Å². The smallest absolute Gasteiger partial charge is 0.316 e. The third-order valence-corrected chi connectivity index (χ3v) is 5.68. The third-order valence-electron chi connectivity index (χ3n) is 5.68. The standard InChI is InChI=1S/C17H14N2O3.C7H6F2N2O/c20-16-4-2-10-14(5-6-18-17(10)19-16)21-9-1-3-13-11(7-9)12-8-15(12)22-13;8-4-1-2-5(9)6(3-4)11-7(10)12/h1,3,5-7,12,15H,2,4,8H2,(H,18,19,20);1-3H,(H3,10,11,12). The van der Waals surface area contributed by atoms with E-state index in [-0.39, 0.29) is 11.6 Å². The monoisotopic (exact) mass is 466 g/mol. The van der Waals surface area contributed by atoms with E-state index in [1.165, 1.54) is 5.56 Å². The lowest BCUT2D eigenvalue weighted by molar-refractivity contribution is -0.116. The molecule has 4 N–H and O–H groups in total. The Bertz CT molecular complexity index is 1300. The molecule has 2 aromatic carbocycles. The van der Waals surface area contributed by atoms with E-state index in [9.17, 15) is 18.4 Å². The van der Waals surface area contributed by atoms with Crippen LogP contribution in [-0.4, -0.2) is 23.0 Å². The van der Waals surface area contributed by atoms with E-state index in [1.807, 2.05) is 23.5 Å². The molecule has 1 fully saturated rings. The normalized spacial score (nSPS) is 18.7. The lowest BCUT2D eigenvalue weighted by Gasteiger charge is -2.19. The van der Waals surface area contributed by atoms with Crippen LogP contribution in [0.4, 0.5) is 25.1 Å². The fourth-order valence-corrected chi connectivity index (χ4v) is 3.99. The zero-order valence-corrected chi connectivity index (χ0v) is 17.8. The average Bonchev–Trinajstić information content (AvgIpc) is 3.48. The number of ether oxygens (including phenoxy) is 2. The van der Waals surface area contributed by atoms with E-state index >= 15 is 0 Å². The van der Waals surface area contributed by atoms with Gasteiger partial charge >= 0.3 is 6.03 Å². The molecule has 3 amide bonds. The second kappa shape index (κ2) is 8.62. The predicted octanol–water partition coefficient (Wildman–Crippen LogP) is 4.46. The molecule has 8 nitrogen and oxygen atoms in total. The first kappa shape index (κ1) is 21.6. The summed E-state index contributed by atoms with van der Waals surface area (Å²) in [6.45, 7) is 0. The number of nitrogens with two attached hydrogens (primary N) is 1. The molecule has 0 saturated heterocycles. The minimum Gasteiger partial charge on any atom is -0.489 e. The number of carbonyl (C=O) groups excluding carboxylic acids is 2. The summed E-state index contributed by atoms with van der Waals surface area (Å²) in [5.41, 5.74) is 6.65. The highest BCUT2D eigenvalue weighted by molar-refractivity contribution is 5.93. The molecular weight excluding hydrogens is 446 g/mol. The number of rotatable bonds is 3. The number of hydrogen-bond acceptors (Lipinski definition) is 5. The number of aromatic nitrogens is 1. The van der Waals surface area contributed by atoms with Gasteiger partial charge in [0, 0.05) is 35.7 Å². The van der Waals surface area contributed by atoms with Crippen molar-refractivity contribution in [2.75, 3.05) is 10.6 Å². The number of urea groups is 1. The molecule has 0 spiro atoms. The number of carbonyl (C=O) groups is 2. The minimum absolute atomic E-state index is 0.00612. The van der Waals surface area contributed by atoms with E-state index in [0.29, 0.717) is 30.7 Å². The maximum absolute atomic E-state index is 12.7. The topological polar surface area (TPSA) is 116 Å². The number of amides is 3. The molecule has 174 valence electrons. The maximum atomic E-state index is 12.7. The predicted molar refractivity (Wildman–Crippen MR) is 119 cm³/mol. The van der Waals surface area contributed by atoms with Gasteiger partial charge < -0.3 is 25.8 Å². The Morgan fingerprint density at radius 1 is 1.18 bits per heavy atom. The zero-order valence-electron chi connectivity index (χ0n) is 17.8. The van der Waals surface area contributed by atoms with Gasteiger partial charge in [-0.1, -0.05) is 0 Å².